The smallest absolute Gasteiger partial charge is 0.497 e. The summed E-state index contributed by atoms with van der Waals surface area (Å²) in [6.07, 6.45) is -1.17. The number of ether oxygens (including phenoxy) is 3. The van der Waals surface area contributed by atoms with E-state index in [9.17, 15) is 9.59 Å². The third-order valence-corrected chi connectivity index (χ3v) is 3.11. The van der Waals surface area contributed by atoms with Crippen molar-refractivity contribution in [3.8, 4) is 5.75 Å². The van der Waals surface area contributed by atoms with Crippen molar-refractivity contribution in [1.82, 2.24) is 0 Å². The van der Waals surface area contributed by atoms with Crippen molar-refractivity contribution in [3.05, 3.63) is 78.6 Å². The van der Waals surface area contributed by atoms with E-state index in [2.05, 4.69) is 11.3 Å². The fraction of sp³-hybridized carbons (Fsp3) is 0.111. The van der Waals surface area contributed by atoms with Gasteiger partial charge in [0.1, 0.15) is 5.75 Å². The maximum atomic E-state index is 12.6. The zero-order valence-electron chi connectivity index (χ0n) is 12.6. The van der Waals surface area contributed by atoms with E-state index in [1.807, 2.05) is 0 Å². The Hall–Kier alpha value is -3.08. The summed E-state index contributed by atoms with van der Waals surface area (Å²) >= 11 is 0. The Morgan fingerprint density at radius 1 is 1.04 bits per heavy atom. The van der Waals surface area contributed by atoms with Gasteiger partial charge >= 0.3 is 6.16 Å². The van der Waals surface area contributed by atoms with Crippen LogP contribution in [0.1, 0.15) is 22.0 Å². The van der Waals surface area contributed by atoms with E-state index in [-0.39, 0.29) is 5.78 Å². The van der Waals surface area contributed by atoms with Crippen LogP contribution < -0.4 is 4.74 Å². The predicted molar refractivity (Wildman–Crippen MR) is 84.3 cm³/mol. The number of ketones is 1. The second-order valence-electron chi connectivity index (χ2n) is 4.54. The van der Waals surface area contributed by atoms with Crippen LogP contribution in [0.15, 0.2) is 67.4 Å². The van der Waals surface area contributed by atoms with Crippen molar-refractivity contribution in [2.24, 2.45) is 0 Å². The van der Waals surface area contributed by atoms with Gasteiger partial charge in [-0.15, -0.1) is 0 Å². The van der Waals surface area contributed by atoms with Gasteiger partial charge in [-0.05, 0) is 12.1 Å². The van der Waals surface area contributed by atoms with Crippen molar-refractivity contribution in [2.75, 3.05) is 7.11 Å². The summed E-state index contributed by atoms with van der Waals surface area (Å²) in [4.78, 5) is 24.2. The Kier molecular flexibility index (Phi) is 5.52. The number of rotatable bonds is 6. The van der Waals surface area contributed by atoms with Crippen molar-refractivity contribution in [2.45, 2.75) is 6.10 Å². The van der Waals surface area contributed by atoms with Crippen LogP contribution in [0.4, 0.5) is 4.79 Å². The molecule has 2 aromatic rings. The molecule has 0 aromatic heterocycles. The Balaban J connectivity index is 2.32. The lowest BCUT2D eigenvalue weighted by Gasteiger charge is -2.16. The molecule has 0 N–H and O–H groups in total. The first kappa shape index (κ1) is 16.3. The average molecular weight is 312 g/mol. The van der Waals surface area contributed by atoms with Gasteiger partial charge in [-0.1, -0.05) is 49.0 Å². The molecule has 0 radical (unpaired) electrons. The summed E-state index contributed by atoms with van der Waals surface area (Å²) in [6, 6.07) is 15.3. The highest BCUT2D eigenvalue weighted by molar-refractivity contribution is 6.00. The molecule has 0 heterocycles. The minimum Gasteiger partial charge on any atom is -0.497 e. The standard InChI is InChI=1S/C18H16O5/c1-3-22-18(20)23-17(14-9-11-15(21-2)12-10-14)16(19)13-7-5-4-6-8-13/h3-12,17H,1H2,2H3. The lowest BCUT2D eigenvalue weighted by Crippen LogP contribution is -2.20. The van der Waals surface area contributed by atoms with E-state index < -0.39 is 12.3 Å². The molecular weight excluding hydrogens is 296 g/mol. The molecule has 23 heavy (non-hydrogen) atoms. The molecule has 2 aromatic carbocycles. The molecule has 0 aliphatic carbocycles. The molecule has 0 spiro atoms. The summed E-state index contributed by atoms with van der Waals surface area (Å²) in [7, 11) is 1.54. The molecule has 1 atom stereocenters. The van der Waals surface area contributed by atoms with E-state index >= 15 is 0 Å². The highest BCUT2D eigenvalue weighted by Crippen LogP contribution is 2.25. The summed E-state index contributed by atoms with van der Waals surface area (Å²) in [5, 5.41) is 0. The molecule has 0 saturated carbocycles. The topological polar surface area (TPSA) is 61.8 Å². The molecule has 0 fully saturated rings. The van der Waals surface area contributed by atoms with Gasteiger partial charge < -0.3 is 14.2 Å². The lowest BCUT2D eigenvalue weighted by molar-refractivity contribution is 0.0389. The van der Waals surface area contributed by atoms with Crippen LogP contribution in [-0.2, 0) is 9.47 Å². The third kappa shape index (κ3) is 4.20. The Bertz CT molecular complexity index is 676. The van der Waals surface area contributed by atoms with Gasteiger partial charge in [0.2, 0.25) is 5.78 Å². The van der Waals surface area contributed by atoms with E-state index in [4.69, 9.17) is 9.47 Å². The van der Waals surface area contributed by atoms with Crippen molar-refractivity contribution in [3.63, 3.8) is 0 Å². The summed E-state index contributed by atoms with van der Waals surface area (Å²) in [6.45, 7) is 3.28. The number of methoxy groups -OCH3 is 1. The highest BCUT2D eigenvalue weighted by Gasteiger charge is 2.26. The lowest BCUT2D eigenvalue weighted by atomic mass is 10.00. The quantitative estimate of drug-likeness (QED) is 0.459. The average Bonchev–Trinajstić information content (AvgIpc) is 2.60. The first-order valence-corrected chi connectivity index (χ1v) is 6.87. The number of carbonyl (C=O) groups excluding carboxylic acids is 2. The minimum absolute atomic E-state index is 0.350. The van der Waals surface area contributed by atoms with Crippen LogP contribution in [-0.4, -0.2) is 19.0 Å². The zero-order valence-corrected chi connectivity index (χ0v) is 12.6. The Morgan fingerprint density at radius 2 is 1.70 bits per heavy atom. The fourth-order valence-electron chi connectivity index (χ4n) is 2.00. The van der Waals surface area contributed by atoms with Gasteiger partial charge in [0.15, 0.2) is 6.10 Å². The maximum absolute atomic E-state index is 12.6. The van der Waals surface area contributed by atoms with E-state index in [0.717, 1.165) is 6.26 Å². The third-order valence-electron chi connectivity index (χ3n) is 3.11. The second-order valence-corrected chi connectivity index (χ2v) is 4.54. The van der Waals surface area contributed by atoms with Crippen molar-refractivity contribution < 1.29 is 23.8 Å². The normalized spacial score (nSPS) is 11.2. The van der Waals surface area contributed by atoms with Gasteiger partial charge in [0.25, 0.3) is 0 Å². The molecule has 0 aliphatic heterocycles. The van der Waals surface area contributed by atoms with Crippen LogP contribution in [0.25, 0.3) is 0 Å². The number of Topliss-reactive ketones (excluding diaryl/α,β-unsaturated/α-hetero) is 1. The fourth-order valence-corrected chi connectivity index (χ4v) is 2.00. The molecule has 118 valence electrons. The van der Waals surface area contributed by atoms with Gasteiger partial charge in [-0.3, -0.25) is 4.79 Å². The van der Waals surface area contributed by atoms with Crippen LogP contribution in [0.2, 0.25) is 0 Å². The summed E-state index contributed by atoms with van der Waals surface area (Å²) < 4.78 is 14.8. The van der Waals surface area contributed by atoms with Gasteiger partial charge in [0, 0.05) is 11.1 Å². The molecule has 1 unspecified atom stereocenters. The van der Waals surface area contributed by atoms with E-state index in [1.54, 1.807) is 61.7 Å². The first-order valence-electron chi connectivity index (χ1n) is 6.87. The monoisotopic (exact) mass is 312 g/mol. The summed E-state index contributed by atoms with van der Waals surface area (Å²) in [5.41, 5.74) is 0.945. The Morgan fingerprint density at radius 3 is 2.26 bits per heavy atom. The number of hydrogen-bond donors (Lipinski definition) is 0. The molecule has 0 amide bonds. The van der Waals surface area contributed by atoms with Crippen LogP contribution in [0, 0.1) is 0 Å². The number of carbonyl (C=O) groups is 2. The minimum atomic E-state index is -1.12. The number of hydrogen-bond acceptors (Lipinski definition) is 5. The SMILES string of the molecule is C=COC(=O)OC(C(=O)c1ccccc1)c1ccc(OC)cc1. The van der Waals surface area contributed by atoms with Crippen molar-refractivity contribution in [1.29, 1.82) is 0 Å². The zero-order chi connectivity index (χ0) is 16.7. The van der Waals surface area contributed by atoms with Gasteiger partial charge in [0.05, 0.1) is 13.4 Å². The van der Waals surface area contributed by atoms with Crippen molar-refractivity contribution >= 4 is 11.9 Å². The molecular formula is C18H16O5. The highest BCUT2D eigenvalue weighted by atomic mass is 16.7. The molecule has 5 heteroatoms. The molecule has 2 rings (SSSR count). The Labute approximate surface area is 134 Å². The first-order chi connectivity index (χ1) is 11.2. The largest absolute Gasteiger partial charge is 0.514 e. The maximum Gasteiger partial charge on any atom is 0.514 e. The van der Waals surface area contributed by atoms with Crippen LogP contribution >= 0.6 is 0 Å². The predicted octanol–water partition coefficient (Wildman–Crippen LogP) is 3.92. The second kappa shape index (κ2) is 7.79. The van der Waals surface area contributed by atoms with Crippen LogP contribution in [0.5, 0.6) is 5.75 Å². The molecule has 0 bridgehead atoms. The van der Waals surface area contributed by atoms with Crippen LogP contribution in [0.3, 0.4) is 0 Å². The molecule has 0 aliphatic rings. The molecule has 0 saturated heterocycles. The molecule has 5 nitrogen and oxygen atoms in total. The van der Waals surface area contributed by atoms with E-state index in [0.29, 0.717) is 16.9 Å². The van der Waals surface area contributed by atoms with E-state index in [1.165, 1.54) is 0 Å². The number of benzene rings is 2. The summed E-state index contributed by atoms with van der Waals surface area (Å²) in [5.74, 6) is 0.283. The van der Waals surface area contributed by atoms with Gasteiger partial charge in [-0.25, -0.2) is 4.79 Å². The van der Waals surface area contributed by atoms with Gasteiger partial charge in [-0.2, -0.15) is 0 Å².